The lowest BCUT2D eigenvalue weighted by Gasteiger charge is -2.29. The zero-order chi connectivity index (χ0) is 12.5. The molecule has 0 bridgehead atoms. The molecular formula is C7H8F8. The predicted molar refractivity (Wildman–Crippen MR) is 35.8 cm³/mol. The topological polar surface area (TPSA) is 0 Å². The molecule has 0 nitrogen and oxygen atoms in total. The van der Waals surface area contributed by atoms with Gasteiger partial charge in [0.25, 0.3) is 0 Å². The van der Waals surface area contributed by atoms with E-state index in [0.29, 0.717) is 6.92 Å². The van der Waals surface area contributed by atoms with Crippen molar-refractivity contribution in [3.05, 3.63) is 0 Å². The van der Waals surface area contributed by atoms with E-state index in [2.05, 4.69) is 0 Å². The third-order valence-electron chi connectivity index (χ3n) is 1.59. The number of rotatable bonds is 3. The second-order valence-electron chi connectivity index (χ2n) is 3.24. The lowest BCUT2D eigenvalue weighted by atomic mass is 9.94. The van der Waals surface area contributed by atoms with Gasteiger partial charge >= 0.3 is 12.4 Å². The van der Waals surface area contributed by atoms with Crippen LogP contribution in [0.3, 0.4) is 0 Å². The predicted octanol–water partition coefficient (Wildman–Crippen LogP) is 3.96. The van der Waals surface area contributed by atoms with Crippen molar-refractivity contribution >= 4 is 0 Å². The van der Waals surface area contributed by atoms with Crippen LogP contribution in [0.1, 0.15) is 19.8 Å². The zero-order valence-electron chi connectivity index (χ0n) is 7.52. The van der Waals surface area contributed by atoms with Gasteiger partial charge in [-0.15, -0.1) is 0 Å². The molecule has 0 N–H and O–H groups in total. The van der Waals surface area contributed by atoms with Gasteiger partial charge in [0.2, 0.25) is 5.67 Å². The van der Waals surface area contributed by atoms with Crippen molar-refractivity contribution in [2.75, 3.05) is 0 Å². The monoisotopic (exact) mass is 244 g/mol. The fourth-order valence-corrected chi connectivity index (χ4v) is 1.05. The Morgan fingerprint density at radius 3 is 1.53 bits per heavy atom. The first-order chi connectivity index (χ1) is 6.37. The maximum atomic E-state index is 13.0. The Morgan fingerprint density at radius 2 is 1.33 bits per heavy atom. The van der Waals surface area contributed by atoms with Crippen LogP contribution >= 0.6 is 0 Å². The largest absolute Gasteiger partial charge is 0.422 e. The molecule has 0 saturated heterocycles. The summed E-state index contributed by atoms with van der Waals surface area (Å²) < 4.78 is 96.0. The lowest BCUT2D eigenvalue weighted by molar-refractivity contribution is -0.272. The summed E-state index contributed by atoms with van der Waals surface area (Å²) in [6, 6.07) is 0. The first-order valence-corrected chi connectivity index (χ1v) is 3.84. The first kappa shape index (κ1) is 14.4. The summed E-state index contributed by atoms with van der Waals surface area (Å²) in [5, 5.41) is 0. The van der Waals surface area contributed by atoms with E-state index in [9.17, 15) is 35.1 Å². The van der Waals surface area contributed by atoms with Crippen LogP contribution in [-0.2, 0) is 0 Å². The van der Waals surface area contributed by atoms with Crippen LogP contribution in [0.25, 0.3) is 0 Å². The summed E-state index contributed by atoms with van der Waals surface area (Å²) in [7, 11) is 0. The van der Waals surface area contributed by atoms with Crippen molar-refractivity contribution in [1.29, 1.82) is 0 Å². The van der Waals surface area contributed by atoms with Crippen LogP contribution in [0.15, 0.2) is 0 Å². The summed E-state index contributed by atoms with van der Waals surface area (Å²) in [5.74, 6) is 0. The molecule has 2 atom stereocenters. The number of halogens is 8. The highest BCUT2D eigenvalue weighted by atomic mass is 19.4. The van der Waals surface area contributed by atoms with Gasteiger partial charge in [-0.05, 0) is 6.92 Å². The van der Waals surface area contributed by atoms with E-state index in [1.165, 1.54) is 0 Å². The van der Waals surface area contributed by atoms with Gasteiger partial charge < -0.3 is 0 Å². The second-order valence-corrected chi connectivity index (χ2v) is 3.24. The van der Waals surface area contributed by atoms with Crippen LogP contribution in [-0.4, -0.2) is 24.2 Å². The van der Waals surface area contributed by atoms with E-state index in [1.807, 2.05) is 0 Å². The van der Waals surface area contributed by atoms with Crippen molar-refractivity contribution in [2.24, 2.45) is 0 Å². The van der Waals surface area contributed by atoms with E-state index in [4.69, 9.17) is 0 Å². The maximum Gasteiger partial charge on any atom is 0.422 e. The fourth-order valence-electron chi connectivity index (χ4n) is 1.05. The summed E-state index contributed by atoms with van der Waals surface area (Å²) in [4.78, 5) is 0. The minimum Gasteiger partial charge on any atom is -0.248 e. The van der Waals surface area contributed by atoms with Gasteiger partial charge in [0, 0.05) is 6.42 Å². The molecule has 0 saturated carbocycles. The molecule has 2 unspecified atom stereocenters. The minimum atomic E-state index is -5.73. The quantitative estimate of drug-likeness (QED) is 0.659. The Kier molecular flexibility index (Phi) is 3.98. The Bertz CT molecular complexity index is 202. The summed E-state index contributed by atoms with van der Waals surface area (Å²) >= 11 is 0. The zero-order valence-corrected chi connectivity index (χ0v) is 7.52. The molecule has 0 aliphatic heterocycles. The molecular weight excluding hydrogens is 236 g/mol. The van der Waals surface area contributed by atoms with Gasteiger partial charge in [0.05, 0.1) is 6.42 Å². The van der Waals surface area contributed by atoms with Crippen LogP contribution in [0, 0.1) is 0 Å². The molecule has 0 aliphatic rings. The highest BCUT2D eigenvalue weighted by molar-refractivity contribution is 4.91. The van der Waals surface area contributed by atoms with E-state index in [1.54, 1.807) is 0 Å². The highest BCUT2D eigenvalue weighted by Gasteiger charge is 2.61. The van der Waals surface area contributed by atoms with Crippen LogP contribution in [0.5, 0.6) is 0 Å². The van der Waals surface area contributed by atoms with Crippen molar-refractivity contribution in [2.45, 2.75) is 44.0 Å². The molecule has 0 aliphatic carbocycles. The van der Waals surface area contributed by atoms with Crippen molar-refractivity contribution < 1.29 is 35.1 Å². The Balaban J connectivity index is 4.88. The van der Waals surface area contributed by atoms with E-state index in [-0.39, 0.29) is 0 Å². The standard InChI is InChI=1S/C7H8F8/c1-4(8)2-5(9,7(13,14)15)3-6(10,11)12/h4H,2-3H2,1H3. The normalized spacial score (nSPS) is 19.8. The minimum absolute atomic E-state index is 0.566. The Labute approximate surface area is 80.3 Å². The molecule has 0 heterocycles. The summed E-state index contributed by atoms with van der Waals surface area (Å²) in [6.45, 7) is 0.566. The average Bonchev–Trinajstić information content (AvgIpc) is 1.75. The van der Waals surface area contributed by atoms with Gasteiger partial charge in [-0.3, -0.25) is 0 Å². The highest BCUT2D eigenvalue weighted by Crippen LogP contribution is 2.45. The van der Waals surface area contributed by atoms with Crippen molar-refractivity contribution in [3.63, 3.8) is 0 Å². The van der Waals surface area contributed by atoms with Gasteiger partial charge in [-0.2, -0.15) is 26.3 Å². The number of hydrogen-bond acceptors (Lipinski definition) is 0. The van der Waals surface area contributed by atoms with Crippen molar-refractivity contribution in [1.82, 2.24) is 0 Å². The van der Waals surface area contributed by atoms with E-state index >= 15 is 0 Å². The first-order valence-electron chi connectivity index (χ1n) is 3.84. The van der Waals surface area contributed by atoms with E-state index < -0.39 is 37.0 Å². The molecule has 0 rings (SSSR count). The summed E-state index contributed by atoms with van der Waals surface area (Å²) in [5.41, 5.74) is -4.56. The van der Waals surface area contributed by atoms with Gasteiger partial charge in [0.15, 0.2) is 0 Å². The molecule has 0 aromatic heterocycles. The molecule has 0 amide bonds. The summed E-state index contributed by atoms with van der Waals surface area (Å²) in [6.07, 6.45) is -17.9. The lowest BCUT2D eigenvalue weighted by Crippen LogP contribution is -2.46. The Hall–Kier alpha value is -0.560. The van der Waals surface area contributed by atoms with Crippen LogP contribution < -0.4 is 0 Å². The molecule has 0 aromatic carbocycles. The molecule has 0 spiro atoms. The number of alkyl halides is 8. The molecule has 8 heteroatoms. The van der Waals surface area contributed by atoms with Gasteiger partial charge in [0.1, 0.15) is 6.17 Å². The van der Waals surface area contributed by atoms with Gasteiger partial charge in [-0.1, -0.05) is 0 Å². The maximum absolute atomic E-state index is 13.0. The molecule has 92 valence electrons. The number of hydrogen-bond donors (Lipinski definition) is 0. The molecule has 0 radical (unpaired) electrons. The fraction of sp³-hybridized carbons (Fsp3) is 1.00. The SMILES string of the molecule is CC(F)CC(F)(CC(F)(F)F)C(F)(F)F. The third-order valence-corrected chi connectivity index (χ3v) is 1.59. The van der Waals surface area contributed by atoms with Gasteiger partial charge in [-0.25, -0.2) is 8.78 Å². The second kappa shape index (κ2) is 4.13. The Morgan fingerprint density at radius 1 is 0.933 bits per heavy atom. The van der Waals surface area contributed by atoms with Crippen molar-refractivity contribution in [3.8, 4) is 0 Å². The molecule has 15 heavy (non-hydrogen) atoms. The average molecular weight is 244 g/mol. The molecule has 0 fully saturated rings. The van der Waals surface area contributed by atoms with Crippen LogP contribution in [0.2, 0.25) is 0 Å². The molecule has 0 aromatic rings. The van der Waals surface area contributed by atoms with Crippen LogP contribution in [0.4, 0.5) is 35.1 Å². The smallest absolute Gasteiger partial charge is 0.248 e. The third kappa shape index (κ3) is 4.65. The van der Waals surface area contributed by atoms with E-state index in [0.717, 1.165) is 0 Å².